The van der Waals surface area contributed by atoms with Crippen LogP contribution in [-0.2, 0) is 0 Å². The molecule has 1 aromatic rings. The van der Waals surface area contributed by atoms with E-state index in [2.05, 4.69) is 10.3 Å². The Kier molecular flexibility index (Phi) is 2.95. The van der Waals surface area contributed by atoms with E-state index >= 15 is 0 Å². The number of pyridine rings is 1. The molecule has 0 aliphatic heterocycles. The van der Waals surface area contributed by atoms with Gasteiger partial charge in [-0.25, -0.2) is 9.78 Å². The fourth-order valence-electron chi connectivity index (χ4n) is 1.33. The predicted molar refractivity (Wildman–Crippen MR) is 58.2 cm³/mol. The average Bonchev–Trinajstić information content (AvgIpc) is 3.11. The van der Waals surface area contributed by atoms with Gasteiger partial charge in [-0.05, 0) is 18.9 Å². The predicted octanol–water partition coefficient (Wildman–Crippen LogP) is 0.681. The number of ether oxygens (including phenoxy) is 1. The first kappa shape index (κ1) is 11.4. The van der Waals surface area contributed by atoms with Crippen molar-refractivity contribution in [2.45, 2.75) is 18.9 Å². The number of aromatic nitrogens is 1. The van der Waals surface area contributed by atoms with Gasteiger partial charge in [-0.2, -0.15) is 0 Å². The second-order valence-electron chi connectivity index (χ2n) is 3.77. The third-order valence-corrected chi connectivity index (χ3v) is 2.36. The summed E-state index contributed by atoms with van der Waals surface area (Å²) in [6.07, 6.45) is 3.09. The van der Waals surface area contributed by atoms with Crippen LogP contribution in [0.25, 0.3) is 0 Å². The van der Waals surface area contributed by atoms with E-state index in [-0.39, 0.29) is 29.0 Å². The summed E-state index contributed by atoms with van der Waals surface area (Å²) in [7, 11) is 1.49. The number of nitrogens with one attached hydrogen (secondary N) is 1. The summed E-state index contributed by atoms with van der Waals surface area (Å²) in [5.41, 5.74) is 0.123. The van der Waals surface area contributed by atoms with Gasteiger partial charge in [0.15, 0.2) is 11.4 Å². The Morgan fingerprint density at radius 3 is 2.76 bits per heavy atom. The summed E-state index contributed by atoms with van der Waals surface area (Å²) in [5.74, 6) is -1.33. The lowest BCUT2D eigenvalue weighted by atomic mass is 10.2. The Balaban J connectivity index is 2.34. The fraction of sp³-hybridized carbons (Fsp3) is 0.364. The minimum atomic E-state index is -1.16. The van der Waals surface area contributed by atoms with Gasteiger partial charge in [-0.15, -0.1) is 0 Å². The van der Waals surface area contributed by atoms with Crippen molar-refractivity contribution in [1.82, 2.24) is 10.3 Å². The second-order valence-corrected chi connectivity index (χ2v) is 3.77. The maximum atomic E-state index is 11.4. The molecule has 0 radical (unpaired) electrons. The highest BCUT2D eigenvalue weighted by molar-refractivity contribution is 5.96. The Labute approximate surface area is 97.6 Å². The number of hydrogen-bond acceptors (Lipinski definition) is 4. The molecule has 1 saturated carbocycles. The van der Waals surface area contributed by atoms with Crippen LogP contribution in [0.2, 0.25) is 0 Å². The number of rotatable bonds is 4. The number of aromatic carboxylic acids is 1. The van der Waals surface area contributed by atoms with Gasteiger partial charge in [0, 0.05) is 13.2 Å². The third kappa shape index (κ3) is 2.52. The summed E-state index contributed by atoms with van der Waals surface area (Å²) in [5, 5.41) is 11.4. The van der Waals surface area contributed by atoms with E-state index in [9.17, 15) is 9.59 Å². The van der Waals surface area contributed by atoms with Crippen LogP contribution in [0.5, 0.6) is 5.75 Å². The largest absolute Gasteiger partial charge is 0.488 e. The molecule has 1 amide bonds. The van der Waals surface area contributed by atoms with Crippen LogP contribution >= 0.6 is 0 Å². The summed E-state index contributed by atoms with van der Waals surface area (Å²) in [6, 6.07) is 1.41. The standard InChI is InChI=1S/C11H12N2O4/c1-12-10(14)6-4-8(17-7-2-3-7)9(11(15)16)13-5-6/h4-5,7H,2-3H2,1H3,(H,12,14)(H,15,16). The summed E-state index contributed by atoms with van der Waals surface area (Å²) >= 11 is 0. The van der Waals surface area contributed by atoms with E-state index < -0.39 is 5.97 Å². The summed E-state index contributed by atoms with van der Waals surface area (Å²) < 4.78 is 5.43. The van der Waals surface area contributed by atoms with Crippen LogP contribution < -0.4 is 10.1 Å². The van der Waals surface area contributed by atoms with Gasteiger partial charge in [0.2, 0.25) is 0 Å². The highest BCUT2D eigenvalue weighted by atomic mass is 16.5. The molecular formula is C11H12N2O4. The van der Waals surface area contributed by atoms with E-state index in [0.717, 1.165) is 12.8 Å². The minimum absolute atomic E-state index is 0.0508. The van der Waals surface area contributed by atoms with Crippen LogP contribution in [0.3, 0.4) is 0 Å². The van der Waals surface area contributed by atoms with Crippen molar-refractivity contribution < 1.29 is 19.4 Å². The van der Waals surface area contributed by atoms with E-state index in [1.165, 1.54) is 19.3 Å². The first-order valence-electron chi connectivity index (χ1n) is 5.24. The molecule has 1 fully saturated rings. The molecule has 2 rings (SSSR count). The SMILES string of the molecule is CNC(=O)c1cnc(C(=O)O)c(OC2CC2)c1. The van der Waals surface area contributed by atoms with Crippen molar-refractivity contribution in [2.75, 3.05) is 7.05 Å². The first-order valence-corrected chi connectivity index (χ1v) is 5.24. The molecule has 1 aliphatic rings. The summed E-state index contributed by atoms with van der Waals surface area (Å²) in [6.45, 7) is 0. The highest BCUT2D eigenvalue weighted by Crippen LogP contribution is 2.29. The smallest absolute Gasteiger partial charge is 0.358 e. The number of carboxylic acids is 1. The quantitative estimate of drug-likeness (QED) is 0.802. The molecular weight excluding hydrogens is 224 g/mol. The van der Waals surface area contributed by atoms with E-state index in [0.29, 0.717) is 0 Å². The Morgan fingerprint density at radius 1 is 1.53 bits per heavy atom. The molecule has 0 spiro atoms. The molecule has 0 atom stereocenters. The maximum absolute atomic E-state index is 11.4. The topological polar surface area (TPSA) is 88.5 Å². The van der Waals surface area contributed by atoms with E-state index in [1.54, 1.807) is 0 Å². The van der Waals surface area contributed by atoms with Crippen LogP contribution in [0.1, 0.15) is 33.7 Å². The number of amides is 1. The maximum Gasteiger partial charge on any atom is 0.358 e. The zero-order valence-corrected chi connectivity index (χ0v) is 9.27. The van der Waals surface area contributed by atoms with Crippen molar-refractivity contribution in [2.24, 2.45) is 0 Å². The number of carbonyl (C=O) groups is 2. The Morgan fingerprint density at radius 2 is 2.24 bits per heavy atom. The molecule has 1 aromatic heterocycles. The van der Waals surface area contributed by atoms with Gasteiger partial charge in [-0.1, -0.05) is 0 Å². The van der Waals surface area contributed by atoms with Crippen molar-refractivity contribution in [3.63, 3.8) is 0 Å². The molecule has 6 nitrogen and oxygen atoms in total. The van der Waals surface area contributed by atoms with Crippen molar-refractivity contribution >= 4 is 11.9 Å². The van der Waals surface area contributed by atoms with Gasteiger partial charge in [-0.3, -0.25) is 4.79 Å². The Bertz CT molecular complexity index is 469. The molecule has 0 bridgehead atoms. The van der Waals surface area contributed by atoms with Crippen LogP contribution in [0.15, 0.2) is 12.3 Å². The molecule has 90 valence electrons. The van der Waals surface area contributed by atoms with Gasteiger partial charge in [0.1, 0.15) is 0 Å². The number of carboxylic acid groups (broad SMARTS) is 1. The molecule has 0 aromatic carbocycles. The van der Waals surface area contributed by atoms with Crippen LogP contribution in [0, 0.1) is 0 Å². The van der Waals surface area contributed by atoms with Gasteiger partial charge in [0.05, 0.1) is 11.7 Å². The zero-order chi connectivity index (χ0) is 12.4. The molecule has 0 saturated heterocycles. The molecule has 6 heteroatoms. The minimum Gasteiger partial charge on any atom is -0.488 e. The number of nitrogens with zero attached hydrogens (tertiary/aromatic N) is 1. The monoisotopic (exact) mass is 236 g/mol. The lowest BCUT2D eigenvalue weighted by Crippen LogP contribution is -2.19. The van der Waals surface area contributed by atoms with Crippen molar-refractivity contribution in [3.05, 3.63) is 23.5 Å². The summed E-state index contributed by atoms with van der Waals surface area (Å²) in [4.78, 5) is 26.1. The third-order valence-electron chi connectivity index (χ3n) is 2.36. The molecule has 1 aliphatic carbocycles. The van der Waals surface area contributed by atoms with Crippen LogP contribution in [-0.4, -0.2) is 35.1 Å². The lowest BCUT2D eigenvalue weighted by molar-refractivity contribution is 0.0684. The Hall–Kier alpha value is -2.11. The zero-order valence-electron chi connectivity index (χ0n) is 9.27. The molecule has 1 heterocycles. The highest BCUT2D eigenvalue weighted by Gasteiger charge is 2.27. The first-order chi connectivity index (χ1) is 8.11. The van der Waals surface area contributed by atoms with Gasteiger partial charge < -0.3 is 15.2 Å². The van der Waals surface area contributed by atoms with Crippen LogP contribution in [0.4, 0.5) is 0 Å². The van der Waals surface area contributed by atoms with Crippen molar-refractivity contribution in [3.8, 4) is 5.75 Å². The van der Waals surface area contributed by atoms with E-state index in [4.69, 9.17) is 9.84 Å². The molecule has 0 unspecified atom stereocenters. The van der Waals surface area contributed by atoms with Gasteiger partial charge >= 0.3 is 5.97 Å². The fourth-order valence-corrected chi connectivity index (χ4v) is 1.33. The van der Waals surface area contributed by atoms with Crippen molar-refractivity contribution in [1.29, 1.82) is 0 Å². The average molecular weight is 236 g/mol. The normalized spacial score (nSPS) is 14.2. The number of carbonyl (C=O) groups excluding carboxylic acids is 1. The molecule has 2 N–H and O–H groups in total. The number of hydrogen-bond donors (Lipinski definition) is 2. The lowest BCUT2D eigenvalue weighted by Gasteiger charge is -2.08. The second kappa shape index (κ2) is 4.40. The van der Waals surface area contributed by atoms with E-state index in [1.807, 2.05) is 0 Å². The molecule has 17 heavy (non-hydrogen) atoms. The van der Waals surface area contributed by atoms with Gasteiger partial charge in [0.25, 0.3) is 5.91 Å².